The summed E-state index contributed by atoms with van der Waals surface area (Å²) < 4.78 is 0. The highest BCUT2D eigenvalue weighted by Gasteiger charge is 2.13. The molecule has 0 radical (unpaired) electrons. The molecule has 0 aliphatic carbocycles. The Morgan fingerprint density at radius 1 is 1.04 bits per heavy atom. The van der Waals surface area contributed by atoms with Crippen LogP contribution >= 0.6 is 0 Å². The van der Waals surface area contributed by atoms with Crippen molar-refractivity contribution < 1.29 is 20.4 Å². The highest BCUT2D eigenvalue weighted by Crippen LogP contribution is 2.21. The number of nitrogens with two attached hydrogens (primary N) is 1. The SMILES string of the molecule is CC(C)C[C@@H](CC(N)=O)CC(=O)[O-].C[C@H]([NH3+])c1cccc2ccccc12. The fraction of sp³-hybridized carbons (Fsp3) is 0.429. The van der Waals surface area contributed by atoms with Crippen molar-refractivity contribution in [1.29, 1.82) is 0 Å². The Morgan fingerprint density at radius 3 is 2.19 bits per heavy atom. The highest BCUT2D eigenvalue weighted by molar-refractivity contribution is 5.85. The zero-order chi connectivity index (χ0) is 19.7. The quantitative estimate of drug-likeness (QED) is 0.787. The van der Waals surface area contributed by atoms with Crippen LogP contribution in [-0.2, 0) is 9.59 Å². The molecule has 2 rings (SSSR count). The molecule has 0 aromatic heterocycles. The molecule has 0 aliphatic heterocycles. The van der Waals surface area contributed by atoms with E-state index in [1.54, 1.807) is 0 Å². The summed E-state index contributed by atoms with van der Waals surface area (Å²) in [4.78, 5) is 20.9. The number of quaternary nitrogens is 1. The van der Waals surface area contributed by atoms with Crippen LogP contribution < -0.4 is 16.6 Å². The Hall–Kier alpha value is -2.40. The molecule has 2 aromatic carbocycles. The number of carboxylic acids is 1. The standard InChI is InChI=1S/C12H13N.C9H17NO3/c1-9(13)11-8-4-6-10-5-2-3-7-12(10)11;1-6(2)3-7(4-8(10)11)5-9(12)13/h2-9H,13H2,1H3;6-7H,3-5H2,1-2H3,(H2,10,11)(H,12,13)/t9-;7-/m00/s1. The van der Waals surface area contributed by atoms with Crippen molar-refractivity contribution in [3.05, 3.63) is 48.0 Å². The van der Waals surface area contributed by atoms with Gasteiger partial charge in [0.25, 0.3) is 0 Å². The van der Waals surface area contributed by atoms with Crippen LogP contribution in [0.15, 0.2) is 42.5 Å². The summed E-state index contributed by atoms with van der Waals surface area (Å²) in [6.45, 7) is 6.08. The van der Waals surface area contributed by atoms with E-state index in [1.807, 2.05) is 13.8 Å². The molecule has 0 fully saturated rings. The van der Waals surface area contributed by atoms with E-state index in [1.165, 1.54) is 16.3 Å². The minimum Gasteiger partial charge on any atom is -0.550 e. The van der Waals surface area contributed by atoms with Crippen LogP contribution in [0.5, 0.6) is 0 Å². The van der Waals surface area contributed by atoms with Crippen LogP contribution in [0.25, 0.3) is 10.8 Å². The summed E-state index contributed by atoms with van der Waals surface area (Å²) in [6, 6.07) is 15.2. The van der Waals surface area contributed by atoms with Crippen molar-refractivity contribution in [1.82, 2.24) is 0 Å². The maximum Gasteiger partial charge on any atom is 0.217 e. The van der Waals surface area contributed by atoms with Gasteiger partial charge in [-0.3, -0.25) is 4.79 Å². The first-order valence-corrected chi connectivity index (χ1v) is 8.99. The van der Waals surface area contributed by atoms with E-state index in [0.29, 0.717) is 18.4 Å². The van der Waals surface area contributed by atoms with E-state index in [4.69, 9.17) is 5.73 Å². The van der Waals surface area contributed by atoms with Gasteiger partial charge in [0.05, 0.1) is 0 Å². The normalized spacial score (nSPS) is 13.0. The molecule has 0 aliphatic rings. The van der Waals surface area contributed by atoms with Gasteiger partial charge in [-0.2, -0.15) is 0 Å². The predicted molar refractivity (Wildman–Crippen MR) is 102 cm³/mol. The molecule has 5 heteroatoms. The molecule has 142 valence electrons. The van der Waals surface area contributed by atoms with Gasteiger partial charge in [-0.25, -0.2) is 0 Å². The average molecular weight is 358 g/mol. The molecule has 26 heavy (non-hydrogen) atoms. The number of hydrogen-bond donors (Lipinski definition) is 2. The second-order valence-electron chi connectivity index (χ2n) is 7.21. The first-order chi connectivity index (χ1) is 12.2. The lowest BCUT2D eigenvalue weighted by atomic mass is 9.91. The third kappa shape index (κ3) is 7.66. The maximum atomic E-state index is 10.6. The van der Waals surface area contributed by atoms with Gasteiger partial charge >= 0.3 is 0 Å². The third-order valence-corrected chi connectivity index (χ3v) is 4.10. The first kappa shape index (κ1) is 21.6. The Labute approximate surface area is 155 Å². The van der Waals surface area contributed by atoms with Crippen molar-refractivity contribution in [2.24, 2.45) is 17.6 Å². The fourth-order valence-corrected chi connectivity index (χ4v) is 3.11. The van der Waals surface area contributed by atoms with Crippen molar-refractivity contribution in [3.63, 3.8) is 0 Å². The monoisotopic (exact) mass is 358 g/mol. The Kier molecular flexibility index (Phi) is 8.79. The van der Waals surface area contributed by atoms with E-state index in [-0.39, 0.29) is 18.8 Å². The van der Waals surface area contributed by atoms with E-state index >= 15 is 0 Å². The minimum absolute atomic E-state index is 0.0822. The summed E-state index contributed by atoms with van der Waals surface area (Å²) in [5, 5.41) is 12.9. The summed E-state index contributed by atoms with van der Waals surface area (Å²) in [6.07, 6.45) is 0.740. The van der Waals surface area contributed by atoms with Crippen LogP contribution in [-0.4, -0.2) is 11.9 Å². The molecule has 0 saturated carbocycles. The molecule has 1 amide bonds. The van der Waals surface area contributed by atoms with E-state index < -0.39 is 11.9 Å². The molecule has 0 spiro atoms. The second kappa shape index (κ2) is 10.6. The molecule has 5 N–H and O–H groups in total. The van der Waals surface area contributed by atoms with Gasteiger partial charge in [0.15, 0.2) is 0 Å². The Bertz CT molecular complexity index is 705. The van der Waals surface area contributed by atoms with Crippen LogP contribution in [0.2, 0.25) is 0 Å². The summed E-state index contributed by atoms with van der Waals surface area (Å²) in [5.41, 5.74) is 10.4. The van der Waals surface area contributed by atoms with Gasteiger partial charge in [0, 0.05) is 18.0 Å². The predicted octanol–water partition coefficient (Wildman–Crippen LogP) is 1.81. The lowest BCUT2D eigenvalue weighted by Gasteiger charge is -2.17. The lowest BCUT2D eigenvalue weighted by Crippen LogP contribution is -2.51. The lowest BCUT2D eigenvalue weighted by molar-refractivity contribution is -0.420. The molecular formula is C21H30N2O3. The van der Waals surface area contributed by atoms with Crippen molar-refractivity contribution in [2.75, 3.05) is 0 Å². The molecule has 0 heterocycles. The summed E-state index contributed by atoms with van der Waals surface area (Å²) >= 11 is 0. The molecule has 0 bridgehead atoms. The van der Waals surface area contributed by atoms with E-state index in [9.17, 15) is 14.7 Å². The zero-order valence-corrected chi connectivity index (χ0v) is 15.9. The number of carboxylic acid groups (broad SMARTS) is 1. The zero-order valence-electron chi connectivity index (χ0n) is 15.9. The first-order valence-electron chi connectivity index (χ1n) is 8.99. The largest absolute Gasteiger partial charge is 0.550 e. The molecule has 0 unspecified atom stereocenters. The van der Waals surface area contributed by atoms with Gasteiger partial charge in [0.1, 0.15) is 6.04 Å². The van der Waals surface area contributed by atoms with Gasteiger partial charge < -0.3 is 21.4 Å². The number of carbonyl (C=O) groups is 2. The van der Waals surface area contributed by atoms with Crippen molar-refractivity contribution in [3.8, 4) is 0 Å². The number of hydrogen-bond acceptors (Lipinski definition) is 3. The number of amides is 1. The van der Waals surface area contributed by atoms with Crippen LogP contribution in [0.1, 0.15) is 51.6 Å². The molecule has 0 saturated heterocycles. The van der Waals surface area contributed by atoms with Crippen LogP contribution in [0.3, 0.4) is 0 Å². The molecule has 2 aromatic rings. The number of rotatable bonds is 7. The van der Waals surface area contributed by atoms with E-state index in [0.717, 1.165) is 0 Å². The van der Waals surface area contributed by atoms with Crippen LogP contribution in [0, 0.1) is 11.8 Å². The molecule has 2 atom stereocenters. The Balaban J connectivity index is 0.000000260. The average Bonchev–Trinajstić information content (AvgIpc) is 2.52. The molecule has 5 nitrogen and oxygen atoms in total. The Morgan fingerprint density at radius 2 is 1.65 bits per heavy atom. The summed E-state index contributed by atoms with van der Waals surface area (Å²) in [7, 11) is 0. The topological polar surface area (TPSA) is 111 Å². The van der Waals surface area contributed by atoms with Crippen molar-refractivity contribution in [2.45, 2.75) is 46.1 Å². The minimum atomic E-state index is -1.12. The second-order valence-corrected chi connectivity index (χ2v) is 7.21. The number of primary amides is 1. The van der Waals surface area contributed by atoms with E-state index in [2.05, 4.69) is 55.1 Å². The van der Waals surface area contributed by atoms with Crippen molar-refractivity contribution >= 4 is 22.6 Å². The summed E-state index contributed by atoms with van der Waals surface area (Å²) in [5.74, 6) is -1.38. The smallest absolute Gasteiger partial charge is 0.217 e. The van der Waals surface area contributed by atoms with Gasteiger partial charge in [-0.05, 0) is 42.4 Å². The van der Waals surface area contributed by atoms with Gasteiger partial charge in [0.2, 0.25) is 5.91 Å². The van der Waals surface area contributed by atoms with Crippen LogP contribution in [0.4, 0.5) is 0 Å². The number of benzene rings is 2. The third-order valence-electron chi connectivity index (χ3n) is 4.10. The number of fused-ring (bicyclic) bond motifs is 1. The highest BCUT2D eigenvalue weighted by atomic mass is 16.4. The fourth-order valence-electron chi connectivity index (χ4n) is 3.11. The van der Waals surface area contributed by atoms with Gasteiger partial charge in [-0.15, -0.1) is 0 Å². The maximum absolute atomic E-state index is 10.6. The molecular weight excluding hydrogens is 328 g/mol. The number of carbonyl (C=O) groups excluding carboxylic acids is 2. The number of aliphatic carboxylic acids is 1. The van der Waals surface area contributed by atoms with Gasteiger partial charge in [-0.1, -0.05) is 56.3 Å².